The SMILES string of the molecule is Cc1ccc(C(C)N)cc1C.[Cl-]. The van der Waals surface area contributed by atoms with E-state index >= 15 is 0 Å². The Hall–Kier alpha value is -0.530. The largest absolute Gasteiger partial charge is 1.00 e. The van der Waals surface area contributed by atoms with Gasteiger partial charge < -0.3 is 18.1 Å². The summed E-state index contributed by atoms with van der Waals surface area (Å²) in [5, 5.41) is 0. The summed E-state index contributed by atoms with van der Waals surface area (Å²) in [5.74, 6) is 0. The van der Waals surface area contributed by atoms with Gasteiger partial charge in [0.25, 0.3) is 0 Å². The van der Waals surface area contributed by atoms with Crippen molar-refractivity contribution in [1.29, 1.82) is 0 Å². The number of nitrogens with two attached hydrogens (primary N) is 1. The van der Waals surface area contributed by atoms with Gasteiger partial charge in [-0.2, -0.15) is 0 Å². The summed E-state index contributed by atoms with van der Waals surface area (Å²) >= 11 is 0. The van der Waals surface area contributed by atoms with E-state index in [1.54, 1.807) is 0 Å². The Balaban J connectivity index is 0.00000121. The molecular weight excluding hydrogens is 170 g/mol. The smallest absolute Gasteiger partial charge is 0.0266 e. The molecule has 0 aliphatic rings. The van der Waals surface area contributed by atoms with Gasteiger partial charge in [-0.15, -0.1) is 0 Å². The zero-order chi connectivity index (χ0) is 8.43. The molecule has 0 amide bonds. The lowest BCUT2D eigenvalue weighted by Gasteiger charge is -2.07. The Morgan fingerprint density at radius 3 is 2.17 bits per heavy atom. The summed E-state index contributed by atoms with van der Waals surface area (Å²) in [6.45, 7) is 6.23. The highest BCUT2D eigenvalue weighted by Gasteiger charge is 1.99. The van der Waals surface area contributed by atoms with Gasteiger partial charge in [-0.1, -0.05) is 18.2 Å². The normalized spacial score (nSPS) is 12.0. The van der Waals surface area contributed by atoms with E-state index in [-0.39, 0.29) is 18.4 Å². The molecule has 12 heavy (non-hydrogen) atoms. The van der Waals surface area contributed by atoms with Crippen LogP contribution in [0, 0.1) is 13.8 Å². The predicted molar refractivity (Wildman–Crippen MR) is 48.5 cm³/mol. The number of hydrogen-bond donors (Lipinski definition) is 1. The molecule has 0 radical (unpaired) electrons. The molecule has 68 valence electrons. The summed E-state index contributed by atoms with van der Waals surface area (Å²) in [6.07, 6.45) is 0. The van der Waals surface area contributed by atoms with Gasteiger partial charge in [0.05, 0.1) is 0 Å². The van der Waals surface area contributed by atoms with Crippen molar-refractivity contribution >= 4 is 0 Å². The fraction of sp³-hybridized carbons (Fsp3) is 0.400. The van der Waals surface area contributed by atoms with Crippen molar-refractivity contribution in [1.82, 2.24) is 0 Å². The van der Waals surface area contributed by atoms with Crippen molar-refractivity contribution < 1.29 is 12.4 Å². The molecule has 2 heteroatoms. The van der Waals surface area contributed by atoms with E-state index in [9.17, 15) is 0 Å². The molecule has 1 aromatic carbocycles. The van der Waals surface area contributed by atoms with E-state index in [1.165, 1.54) is 16.7 Å². The Morgan fingerprint density at radius 1 is 1.17 bits per heavy atom. The van der Waals surface area contributed by atoms with Crippen LogP contribution in [0.1, 0.15) is 29.7 Å². The van der Waals surface area contributed by atoms with Gasteiger partial charge in [-0.25, -0.2) is 0 Å². The maximum atomic E-state index is 5.73. The van der Waals surface area contributed by atoms with E-state index in [4.69, 9.17) is 5.73 Å². The van der Waals surface area contributed by atoms with Gasteiger partial charge in [0.15, 0.2) is 0 Å². The quantitative estimate of drug-likeness (QED) is 0.616. The van der Waals surface area contributed by atoms with Crippen molar-refractivity contribution in [2.24, 2.45) is 5.73 Å². The number of aryl methyl sites for hydroxylation is 2. The van der Waals surface area contributed by atoms with Crippen molar-refractivity contribution in [2.75, 3.05) is 0 Å². The van der Waals surface area contributed by atoms with Crippen LogP contribution in [0.4, 0.5) is 0 Å². The highest BCUT2D eigenvalue weighted by molar-refractivity contribution is 5.31. The van der Waals surface area contributed by atoms with Gasteiger partial charge >= 0.3 is 0 Å². The number of rotatable bonds is 1. The lowest BCUT2D eigenvalue weighted by Crippen LogP contribution is -3.00. The molecule has 1 aromatic rings. The molecule has 1 atom stereocenters. The number of hydrogen-bond acceptors (Lipinski definition) is 1. The minimum atomic E-state index is 0. The summed E-state index contributed by atoms with van der Waals surface area (Å²) in [4.78, 5) is 0. The number of halogens is 1. The molecule has 0 bridgehead atoms. The Bertz CT molecular complexity index is 256. The van der Waals surface area contributed by atoms with Crippen LogP contribution < -0.4 is 18.1 Å². The molecule has 0 fully saturated rings. The van der Waals surface area contributed by atoms with E-state index in [1.807, 2.05) is 6.92 Å². The minimum absolute atomic E-state index is 0. The second-order valence-corrected chi connectivity index (χ2v) is 3.13. The van der Waals surface area contributed by atoms with Crippen LogP contribution in [-0.4, -0.2) is 0 Å². The highest BCUT2D eigenvalue weighted by atomic mass is 35.5. The molecule has 0 heterocycles. The standard InChI is InChI=1S/C10H15N.ClH/c1-7-4-5-10(9(3)11)6-8(7)2;/h4-6,9H,11H2,1-3H3;1H/p-1. The summed E-state index contributed by atoms with van der Waals surface area (Å²) < 4.78 is 0. The van der Waals surface area contributed by atoms with Gasteiger partial charge in [0.2, 0.25) is 0 Å². The molecule has 1 nitrogen and oxygen atoms in total. The van der Waals surface area contributed by atoms with Crippen LogP contribution in [0.15, 0.2) is 18.2 Å². The Kier molecular flexibility index (Phi) is 4.29. The fourth-order valence-electron chi connectivity index (χ4n) is 1.05. The maximum Gasteiger partial charge on any atom is 0.0266 e. The monoisotopic (exact) mass is 184 g/mol. The molecule has 0 saturated carbocycles. The van der Waals surface area contributed by atoms with E-state index in [2.05, 4.69) is 32.0 Å². The highest BCUT2D eigenvalue weighted by Crippen LogP contribution is 2.14. The third-order valence-corrected chi connectivity index (χ3v) is 2.06. The maximum absolute atomic E-state index is 5.73. The fourth-order valence-corrected chi connectivity index (χ4v) is 1.05. The van der Waals surface area contributed by atoms with Crippen LogP contribution in [0.3, 0.4) is 0 Å². The van der Waals surface area contributed by atoms with Gasteiger partial charge in [-0.05, 0) is 37.5 Å². The first-order valence-electron chi connectivity index (χ1n) is 3.94. The molecule has 2 N–H and O–H groups in total. The first-order chi connectivity index (χ1) is 5.11. The second-order valence-electron chi connectivity index (χ2n) is 3.13. The van der Waals surface area contributed by atoms with Crippen molar-refractivity contribution in [3.63, 3.8) is 0 Å². The third-order valence-electron chi connectivity index (χ3n) is 2.06. The lowest BCUT2D eigenvalue weighted by atomic mass is 10.0. The lowest BCUT2D eigenvalue weighted by molar-refractivity contribution is -0.00000261. The molecule has 0 aromatic heterocycles. The predicted octanol–water partition coefficient (Wildman–Crippen LogP) is -0.673. The third kappa shape index (κ3) is 2.50. The Morgan fingerprint density at radius 2 is 1.75 bits per heavy atom. The van der Waals surface area contributed by atoms with Crippen LogP contribution >= 0.6 is 0 Å². The molecular formula is C10H15ClN-. The second kappa shape index (κ2) is 4.48. The van der Waals surface area contributed by atoms with E-state index < -0.39 is 0 Å². The summed E-state index contributed by atoms with van der Waals surface area (Å²) in [5.41, 5.74) is 9.60. The molecule has 0 aliphatic carbocycles. The average Bonchev–Trinajstić information content (AvgIpc) is 1.94. The van der Waals surface area contributed by atoms with Crippen LogP contribution in [-0.2, 0) is 0 Å². The van der Waals surface area contributed by atoms with E-state index in [0.29, 0.717) is 0 Å². The van der Waals surface area contributed by atoms with Crippen LogP contribution in [0.25, 0.3) is 0 Å². The Labute approximate surface area is 80.4 Å². The van der Waals surface area contributed by atoms with E-state index in [0.717, 1.165) is 0 Å². The topological polar surface area (TPSA) is 26.0 Å². The van der Waals surface area contributed by atoms with Gasteiger partial charge in [-0.3, -0.25) is 0 Å². The van der Waals surface area contributed by atoms with Crippen LogP contribution in [0.5, 0.6) is 0 Å². The van der Waals surface area contributed by atoms with Crippen molar-refractivity contribution in [2.45, 2.75) is 26.8 Å². The summed E-state index contributed by atoms with van der Waals surface area (Å²) in [7, 11) is 0. The first kappa shape index (κ1) is 11.5. The molecule has 1 unspecified atom stereocenters. The number of benzene rings is 1. The first-order valence-corrected chi connectivity index (χ1v) is 3.94. The molecule has 1 rings (SSSR count). The van der Waals surface area contributed by atoms with Crippen LogP contribution in [0.2, 0.25) is 0 Å². The average molecular weight is 185 g/mol. The molecule has 0 spiro atoms. The van der Waals surface area contributed by atoms with Crippen molar-refractivity contribution in [3.8, 4) is 0 Å². The zero-order valence-electron chi connectivity index (χ0n) is 7.76. The van der Waals surface area contributed by atoms with Crippen molar-refractivity contribution in [3.05, 3.63) is 34.9 Å². The minimum Gasteiger partial charge on any atom is -1.00 e. The summed E-state index contributed by atoms with van der Waals surface area (Å²) in [6, 6.07) is 6.51. The van der Waals surface area contributed by atoms with Gasteiger partial charge in [0, 0.05) is 6.04 Å². The zero-order valence-corrected chi connectivity index (χ0v) is 8.52. The molecule has 0 saturated heterocycles. The van der Waals surface area contributed by atoms with Gasteiger partial charge in [0.1, 0.15) is 0 Å². The molecule has 0 aliphatic heterocycles.